The largest absolute Gasteiger partial charge is 0.457 e. The van der Waals surface area contributed by atoms with E-state index in [1.54, 1.807) is 0 Å². The number of fused-ring (bicyclic) bond motifs is 3. The molecule has 254 valence electrons. The maximum absolute atomic E-state index is 6.64. The van der Waals surface area contributed by atoms with Gasteiger partial charge >= 0.3 is 0 Å². The normalized spacial score (nSPS) is 11.6. The summed E-state index contributed by atoms with van der Waals surface area (Å²) >= 11 is 0. The zero-order valence-corrected chi connectivity index (χ0v) is 30.1. The molecule has 0 fully saturated rings. The molecule has 0 spiro atoms. The van der Waals surface area contributed by atoms with Gasteiger partial charge in [0, 0.05) is 34.7 Å². The van der Waals surface area contributed by atoms with Gasteiger partial charge in [0.2, 0.25) is 0 Å². The molecule has 0 saturated carbocycles. The summed E-state index contributed by atoms with van der Waals surface area (Å²) in [4.78, 5) is 4.75. The van der Waals surface area contributed by atoms with E-state index in [1.807, 2.05) is 18.3 Å². The highest BCUT2D eigenvalue weighted by Crippen LogP contribution is 2.38. The van der Waals surface area contributed by atoms with Crippen molar-refractivity contribution in [2.45, 2.75) is 85.5 Å². The molecule has 50 heavy (non-hydrogen) atoms. The smallest absolute Gasteiger partial charge is 0.137 e. The quantitative estimate of drug-likeness (QED) is 0.116. The van der Waals surface area contributed by atoms with E-state index in [9.17, 15) is 0 Å². The molecule has 0 aliphatic carbocycles. The van der Waals surface area contributed by atoms with Gasteiger partial charge in [-0.1, -0.05) is 102 Å². The van der Waals surface area contributed by atoms with E-state index in [2.05, 4.69) is 135 Å². The van der Waals surface area contributed by atoms with Crippen molar-refractivity contribution in [3.63, 3.8) is 0 Å². The lowest BCUT2D eigenvalue weighted by atomic mass is 9.94. The van der Waals surface area contributed by atoms with Crippen LogP contribution in [0.5, 0.6) is 11.5 Å². The number of aryl methyl sites for hydroxylation is 2. The first-order valence-electron chi connectivity index (χ1n) is 18.4. The fraction of sp³-hybridized carbons (Fsp3) is 0.289. The SMILES string of the molecule is CCCCCCc1c(-c2ccc(CCC)cc2)c(C(C)C)nn1-c1cccc(Oc2ccc3c4ccccc4n(-c4cc(C)ccn4)c3c2)c1. The van der Waals surface area contributed by atoms with Crippen LogP contribution in [0.2, 0.25) is 0 Å². The highest BCUT2D eigenvalue weighted by molar-refractivity contribution is 6.09. The van der Waals surface area contributed by atoms with E-state index < -0.39 is 0 Å². The molecule has 0 unspecified atom stereocenters. The monoisotopic (exact) mass is 660 g/mol. The van der Waals surface area contributed by atoms with Crippen molar-refractivity contribution in [1.82, 2.24) is 19.3 Å². The van der Waals surface area contributed by atoms with Gasteiger partial charge < -0.3 is 4.74 Å². The van der Waals surface area contributed by atoms with E-state index in [0.717, 1.165) is 65.4 Å². The van der Waals surface area contributed by atoms with Crippen molar-refractivity contribution in [2.75, 3.05) is 0 Å². The summed E-state index contributed by atoms with van der Waals surface area (Å²) in [5.41, 5.74) is 10.7. The van der Waals surface area contributed by atoms with Gasteiger partial charge in [0.05, 0.1) is 28.1 Å². The second-order valence-electron chi connectivity index (χ2n) is 13.9. The molecule has 0 aliphatic rings. The number of hydrogen-bond acceptors (Lipinski definition) is 3. The molecule has 0 amide bonds. The Morgan fingerprint density at radius 1 is 0.700 bits per heavy atom. The van der Waals surface area contributed by atoms with Crippen LogP contribution in [0, 0.1) is 6.92 Å². The first-order valence-corrected chi connectivity index (χ1v) is 18.4. The number of unbranched alkanes of at least 4 members (excludes halogenated alkanes) is 3. The minimum Gasteiger partial charge on any atom is -0.457 e. The average molecular weight is 661 g/mol. The molecule has 4 aromatic carbocycles. The van der Waals surface area contributed by atoms with E-state index >= 15 is 0 Å². The number of benzene rings is 4. The number of ether oxygens (including phenoxy) is 1. The summed E-state index contributed by atoms with van der Waals surface area (Å²) in [6.45, 7) is 11.1. The van der Waals surface area contributed by atoms with Gasteiger partial charge in [0.1, 0.15) is 17.3 Å². The highest BCUT2D eigenvalue weighted by Gasteiger charge is 2.23. The molecule has 0 N–H and O–H groups in total. The van der Waals surface area contributed by atoms with Crippen LogP contribution in [0.3, 0.4) is 0 Å². The lowest BCUT2D eigenvalue weighted by molar-refractivity contribution is 0.482. The summed E-state index contributed by atoms with van der Waals surface area (Å²) < 4.78 is 11.1. The van der Waals surface area contributed by atoms with Crippen molar-refractivity contribution >= 4 is 21.8 Å². The third-order valence-corrected chi connectivity index (χ3v) is 9.68. The second-order valence-corrected chi connectivity index (χ2v) is 13.9. The molecule has 3 heterocycles. The first-order chi connectivity index (χ1) is 24.4. The average Bonchev–Trinajstić information content (AvgIpc) is 3.67. The summed E-state index contributed by atoms with van der Waals surface area (Å²) in [5.74, 6) is 2.75. The van der Waals surface area contributed by atoms with Crippen molar-refractivity contribution in [1.29, 1.82) is 0 Å². The number of aromatic nitrogens is 4. The standard InChI is InChI=1S/C45H48N4O/c1-6-8-9-10-19-41-44(34-22-20-33(14-7-2)21-23-34)45(31(3)4)47-49(41)35-15-13-16-36(29-35)50-37-24-25-39-38-17-11-12-18-40(38)48(42(39)30-37)43-28-32(5)26-27-46-43/h11-13,15-18,20-31H,6-10,14,19H2,1-5H3. The minimum absolute atomic E-state index is 0.289. The number of rotatable bonds is 13. The highest BCUT2D eigenvalue weighted by atomic mass is 16.5. The van der Waals surface area contributed by atoms with Gasteiger partial charge in [-0.3, -0.25) is 4.57 Å². The molecular weight excluding hydrogens is 613 g/mol. The Bertz CT molecular complexity index is 2240. The van der Waals surface area contributed by atoms with E-state index in [1.165, 1.54) is 58.0 Å². The molecule has 5 heteroatoms. The van der Waals surface area contributed by atoms with E-state index in [4.69, 9.17) is 14.8 Å². The van der Waals surface area contributed by atoms with Gasteiger partial charge in [0.15, 0.2) is 0 Å². The summed E-state index contributed by atoms with van der Waals surface area (Å²) in [6, 6.07) is 36.6. The number of para-hydroxylation sites is 1. The van der Waals surface area contributed by atoms with Crippen LogP contribution < -0.4 is 4.74 Å². The molecule has 0 bridgehead atoms. The Morgan fingerprint density at radius 3 is 2.28 bits per heavy atom. The molecule has 0 radical (unpaired) electrons. The fourth-order valence-electron chi connectivity index (χ4n) is 7.20. The van der Waals surface area contributed by atoms with Crippen LogP contribution in [-0.2, 0) is 12.8 Å². The van der Waals surface area contributed by atoms with Gasteiger partial charge in [-0.25, -0.2) is 9.67 Å². The predicted octanol–water partition coefficient (Wildman–Crippen LogP) is 12.3. The first kappa shape index (κ1) is 33.3. The van der Waals surface area contributed by atoms with Crippen LogP contribution in [0.4, 0.5) is 0 Å². The van der Waals surface area contributed by atoms with Crippen molar-refractivity contribution in [3.8, 4) is 34.1 Å². The van der Waals surface area contributed by atoms with Gasteiger partial charge in [-0.2, -0.15) is 5.10 Å². The number of pyridine rings is 1. The Labute approximate surface area is 296 Å². The van der Waals surface area contributed by atoms with E-state index in [-0.39, 0.29) is 5.92 Å². The van der Waals surface area contributed by atoms with Gasteiger partial charge in [-0.15, -0.1) is 0 Å². The Kier molecular flexibility index (Phi) is 9.84. The topological polar surface area (TPSA) is 44.9 Å². The van der Waals surface area contributed by atoms with Crippen molar-refractivity contribution in [3.05, 3.63) is 132 Å². The molecule has 7 rings (SSSR count). The molecule has 0 atom stereocenters. The summed E-state index contributed by atoms with van der Waals surface area (Å²) in [6.07, 6.45) is 9.93. The Balaban J connectivity index is 1.28. The summed E-state index contributed by atoms with van der Waals surface area (Å²) in [7, 11) is 0. The summed E-state index contributed by atoms with van der Waals surface area (Å²) in [5, 5.41) is 7.70. The number of hydrogen-bond donors (Lipinski definition) is 0. The van der Waals surface area contributed by atoms with Crippen LogP contribution in [0.25, 0.3) is 44.4 Å². The maximum Gasteiger partial charge on any atom is 0.137 e. The third kappa shape index (κ3) is 6.69. The van der Waals surface area contributed by atoms with Crippen molar-refractivity contribution in [2.24, 2.45) is 0 Å². The van der Waals surface area contributed by atoms with E-state index in [0.29, 0.717) is 0 Å². The van der Waals surface area contributed by atoms with Gasteiger partial charge in [-0.05, 0) is 91.3 Å². The maximum atomic E-state index is 6.64. The molecule has 5 nitrogen and oxygen atoms in total. The second kappa shape index (κ2) is 14.8. The van der Waals surface area contributed by atoms with Crippen LogP contribution >= 0.6 is 0 Å². The molecule has 7 aromatic rings. The molecule has 0 aliphatic heterocycles. The van der Waals surface area contributed by atoms with Crippen molar-refractivity contribution < 1.29 is 4.74 Å². The lowest BCUT2D eigenvalue weighted by Gasteiger charge is -2.13. The molecule has 3 aromatic heterocycles. The van der Waals surface area contributed by atoms with Crippen LogP contribution in [0.1, 0.15) is 88.2 Å². The third-order valence-electron chi connectivity index (χ3n) is 9.68. The molecular formula is C45H48N4O. The Morgan fingerprint density at radius 2 is 1.50 bits per heavy atom. The van der Waals surface area contributed by atoms with Crippen LogP contribution in [0.15, 0.2) is 109 Å². The fourth-order valence-corrected chi connectivity index (χ4v) is 7.20. The van der Waals surface area contributed by atoms with Crippen LogP contribution in [-0.4, -0.2) is 19.3 Å². The minimum atomic E-state index is 0.289. The zero-order valence-electron chi connectivity index (χ0n) is 30.1. The Hall–Kier alpha value is -5.16. The lowest BCUT2D eigenvalue weighted by Crippen LogP contribution is -2.04. The molecule has 0 saturated heterocycles. The zero-order chi connectivity index (χ0) is 34.6. The van der Waals surface area contributed by atoms with Gasteiger partial charge in [0.25, 0.3) is 0 Å². The number of nitrogens with zero attached hydrogens (tertiary/aromatic N) is 4. The predicted molar refractivity (Wildman–Crippen MR) is 208 cm³/mol.